The van der Waals surface area contributed by atoms with Gasteiger partial charge in [0, 0.05) is 17.2 Å². The molecule has 0 N–H and O–H groups in total. The van der Waals surface area contributed by atoms with E-state index in [1.807, 2.05) is 0 Å². The first-order chi connectivity index (χ1) is 12.0. The zero-order valence-electron chi connectivity index (χ0n) is 12.8. The molecule has 25 heavy (non-hydrogen) atoms. The molecule has 0 bridgehead atoms. The fraction of sp³-hybridized carbons (Fsp3) is 0.111. The zero-order chi connectivity index (χ0) is 17.6. The molecule has 2 aliphatic rings. The highest BCUT2D eigenvalue weighted by molar-refractivity contribution is 6.29. The monoisotopic (exact) mass is 343 g/mol. The number of rotatable bonds is 2. The summed E-state index contributed by atoms with van der Waals surface area (Å²) >= 11 is 0. The van der Waals surface area contributed by atoms with Crippen LogP contribution < -0.4 is 14.4 Å². The van der Waals surface area contributed by atoms with Crippen molar-refractivity contribution < 1.29 is 27.8 Å². The highest BCUT2D eigenvalue weighted by Crippen LogP contribution is 2.37. The lowest BCUT2D eigenvalue weighted by Gasteiger charge is -2.13. The molecule has 0 unspecified atom stereocenters. The Labute approximate surface area is 141 Å². The smallest absolute Gasteiger partial charge is 0.261 e. The Bertz CT molecular complexity index is 939. The second-order valence-corrected chi connectivity index (χ2v) is 5.58. The van der Waals surface area contributed by atoms with Crippen molar-refractivity contribution in [2.45, 2.75) is 6.42 Å². The summed E-state index contributed by atoms with van der Waals surface area (Å²) in [5.41, 5.74) is 0.346. The van der Waals surface area contributed by atoms with Gasteiger partial charge in [0.1, 0.15) is 11.6 Å². The maximum absolute atomic E-state index is 13.8. The molecule has 2 aromatic rings. The van der Waals surface area contributed by atoms with Crippen LogP contribution in [0.25, 0.3) is 6.08 Å². The van der Waals surface area contributed by atoms with E-state index in [0.29, 0.717) is 17.2 Å². The summed E-state index contributed by atoms with van der Waals surface area (Å²) < 4.78 is 37.5. The third kappa shape index (κ3) is 2.63. The quantitative estimate of drug-likeness (QED) is 0.621. The number of amides is 2. The van der Waals surface area contributed by atoms with E-state index in [9.17, 15) is 18.4 Å². The summed E-state index contributed by atoms with van der Waals surface area (Å²) in [4.78, 5) is 25.8. The number of carbonyl (C=O) groups excluding carboxylic acids is 2. The summed E-state index contributed by atoms with van der Waals surface area (Å²) in [7, 11) is 0. The number of carbonyl (C=O) groups is 2. The van der Waals surface area contributed by atoms with Gasteiger partial charge in [-0.3, -0.25) is 9.59 Å². The van der Waals surface area contributed by atoms with E-state index in [4.69, 9.17) is 9.47 Å². The predicted octanol–water partition coefficient (Wildman–Crippen LogP) is 3.04. The largest absolute Gasteiger partial charge is 0.454 e. The van der Waals surface area contributed by atoms with Gasteiger partial charge >= 0.3 is 0 Å². The Hall–Kier alpha value is -3.22. The van der Waals surface area contributed by atoms with Crippen molar-refractivity contribution >= 4 is 23.6 Å². The Morgan fingerprint density at radius 2 is 1.80 bits per heavy atom. The van der Waals surface area contributed by atoms with Gasteiger partial charge in [0.05, 0.1) is 12.1 Å². The summed E-state index contributed by atoms with van der Waals surface area (Å²) in [5.74, 6) is -1.36. The fourth-order valence-electron chi connectivity index (χ4n) is 2.79. The normalized spacial score (nSPS) is 17.7. The molecule has 0 spiro atoms. The molecule has 0 aliphatic carbocycles. The first-order valence-corrected chi connectivity index (χ1v) is 7.45. The molecule has 126 valence electrons. The van der Waals surface area contributed by atoms with Gasteiger partial charge in [-0.25, -0.2) is 13.7 Å². The molecule has 0 atom stereocenters. The third-order valence-corrected chi connectivity index (χ3v) is 3.97. The van der Waals surface area contributed by atoms with Crippen molar-refractivity contribution in [1.82, 2.24) is 0 Å². The van der Waals surface area contributed by atoms with Crippen LogP contribution in [0.3, 0.4) is 0 Å². The molecule has 4 rings (SSSR count). The van der Waals surface area contributed by atoms with Gasteiger partial charge in [0.2, 0.25) is 12.7 Å². The van der Waals surface area contributed by atoms with Gasteiger partial charge in [-0.05, 0) is 36.4 Å². The third-order valence-electron chi connectivity index (χ3n) is 3.97. The van der Waals surface area contributed by atoms with Crippen LogP contribution in [0.4, 0.5) is 14.5 Å². The predicted molar refractivity (Wildman–Crippen MR) is 84.0 cm³/mol. The Morgan fingerprint density at radius 3 is 2.64 bits per heavy atom. The molecule has 2 heterocycles. The molecule has 1 fully saturated rings. The number of imide groups is 1. The molecule has 0 saturated carbocycles. The average molecular weight is 343 g/mol. The highest BCUT2D eigenvalue weighted by atomic mass is 19.1. The number of halogens is 2. The van der Waals surface area contributed by atoms with Crippen LogP contribution in [0.1, 0.15) is 12.0 Å². The Morgan fingerprint density at radius 1 is 1.00 bits per heavy atom. The lowest BCUT2D eigenvalue weighted by atomic mass is 10.1. The number of nitrogens with zero attached hydrogens (tertiary/aromatic N) is 1. The van der Waals surface area contributed by atoms with Crippen LogP contribution in [-0.4, -0.2) is 18.6 Å². The van der Waals surface area contributed by atoms with Gasteiger partial charge < -0.3 is 9.47 Å². The Kier molecular flexibility index (Phi) is 3.49. The maximum Gasteiger partial charge on any atom is 0.261 e. The molecule has 2 aliphatic heterocycles. The number of fused-ring (bicyclic) bond motifs is 1. The van der Waals surface area contributed by atoms with Crippen LogP contribution in [0, 0.1) is 11.6 Å². The van der Waals surface area contributed by atoms with Crippen molar-refractivity contribution in [2.75, 3.05) is 11.7 Å². The minimum Gasteiger partial charge on any atom is -0.454 e. The second kappa shape index (κ2) is 5.70. The van der Waals surface area contributed by atoms with Crippen molar-refractivity contribution in [3.8, 4) is 11.5 Å². The molecule has 0 aromatic heterocycles. The number of benzene rings is 2. The molecule has 0 radical (unpaired) electrons. The van der Waals surface area contributed by atoms with E-state index in [0.717, 1.165) is 23.1 Å². The molecule has 1 saturated heterocycles. The van der Waals surface area contributed by atoms with Crippen molar-refractivity contribution in [3.05, 3.63) is 59.2 Å². The number of anilines is 1. The number of ether oxygens (including phenoxy) is 2. The first-order valence-electron chi connectivity index (χ1n) is 7.45. The minimum atomic E-state index is -0.671. The van der Waals surface area contributed by atoms with Gasteiger partial charge in [0.25, 0.3) is 5.91 Å². The van der Waals surface area contributed by atoms with Gasteiger partial charge in [-0.2, -0.15) is 0 Å². The van der Waals surface area contributed by atoms with E-state index in [-0.39, 0.29) is 24.4 Å². The molecule has 2 aromatic carbocycles. The molecule has 2 amide bonds. The molecular formula is C18H11F2NO4. The van der Waals surface area contributed by atoms with Gasteiger partial charge in [0.15, 0.2) is 11.5 Å². The lowest BCUT2D eigenvalue weighted by Crippen LogP contribution is -2.28. The van der Waals surface area contributed by atoms with Gasteiger partial charge in [-0.15, -0.1) is 0 Å². The van der Waals surface area contributed by atoms with Gasteiger partial charge in [-0.1, -0.05) is 0 Å². The topological polar surface area (TPSA) is 55.8 Å². The van der Waals surface area contributed by atoms with Crippen molar-refractivity contribution in [1.29, 1.82) is 0 Å². The van der Waals surface area contributed by atoms with Crippen LogP contribution in [0.15, 0.2) is 42.0 Å². The van der Waals surface area contributed by atoms with E-state index >= 15 is 0 Å². The van der Waals surface area contributed by atoms with E-state index < -0.39 is 23.4 Å². The SMILES string of the molecule is O=C1C/C(=C\c2cc(F)ccc2F)C(=O)N1c1ccc2c(c1)OCO2. The first kappa shape index (κ1) is 15.3. The van der Waals surface area contributed by atoms with Crippen LogP contribution in [0.2, 0.25) is 0 Å². The standard InChI is InChI=1S/C18H11F2NO4/c19-12-1-3-14(20)10(6-12)5-11-7-17(22)21(18(11)23)13-2-4-15-16(8-13)25-9-24-15/h1-6,8H,7,9H2/b11-5+. The lowest BCUT2D eigenvalue weighted by molar-refractivity contribution is -0.120. The van der Waals surface area contributed by atoms with E-state index in [2.05, 4.69) is 0 Å². The zero-order valence-corrected chi connectivity index (χ0v) is 12.8. The average Bonchev–Trinajstić information content (AvgIpc) is 3.15. The van der Waals surface area contributed by atoms with E-state index in [1.54, 1.807) is 12.1 Å². The summed E-state index contributed by atoms with van der Waals surface area (Å²) in [6.07, 6.45) is 1.01. The number of hydrogen-bond acceptors (Lipinski definition) is 4. The summed E-state index contributed by atoms with van der Waals surface area (Å²) in [6, 6.07) is 7.63. The summed E-state index contributed by atoms with van der Waals surface area (Å²) in [5, 5.41) is 0. The van der Waals surface area contributed by atoms with Crippen molar-refractivity contribution in [3.63, 3.8) is 0 Å². The fourth-order valence-corrected chi connectivity index (χ4v) is 2.79. The second-order valence-electron chi connectivity index (χ2n) is 5.58. The number of hydrogen-bond donors (Lipinski definition) is 0. The van der Waals surface area contributed by atoms with Crippen LogP contribution >= 0.6 is 0 Å². The molecule has 7 heteroatoms. The molecule has 5 nitrogen and oxygen atoms in total. The van der Waals surface area contributed by atoms with E-state index in [1.165, 1.54) is 12.1 Å². The highest BCUT2D eigenvalue weighted by Gasteiger charge is 2.35. The van der Waals surface area contributed by atoms with Crippen molar-refractivity contribution in [2.24, 2.45) is 0 Å². The Balaban J connectivity index is 1.68. The van der Waals surface area contributed by atoms with Crippen LogP contribution in [0.5, 0.6) is 11.5 Å². The van der Waals surface area contributed by atoms with Crippen LogP contribution in [-0.2, 0) is 9.59 Å². The minimum absolute atomic E-state index is 0.0741. The summed E-state index contributed by atoms with van der Waals surface area (Å²) in [6.45, 7) is 0.0741. The molecular weight excluding hydrogens is 332 g/mol. The maximum atomic E-state index is 13.8.